The van der Waals surface area contributed by atoms with Crippen molar-refractivity contribution in [2.24, 2.45) is 5.92 Å². The molecular formula is C18H28N2O. The summed E-state index contributed by atoms with van der Waals surface area (Å²) >= 11 is 0. The Morgan fingerprint density at radius 1 is 1.24 bits per heavy atom. The van der Waals surface area contributed by atoms with Crippen LogP contribution in [0.2, 0.25) is 0 Å². The first kappa shape index (κ1) is 14.9. The number of fused-ring (bicyclic) bond motifs is 1. The van der Waals surface area contributed by atoms with Crippen LogP contribution < -0.4 is 10.2 Å². The van der Waals surface area contributed by atoms with Crippen LogP contribution in [0.5, 0.6) is 0 Å². The van der Waals surface area contributed by atoms with E-state index in [0.717, 1.165) is 38.6 Å². The Labute approximate surface area is 128 Å². The highest BCUT2D eigenvalue weighted by Crippen LogP contribution is 2.29. The number of rotatable bonds is 5. The lowest BCUT2D eigenvalue weighted by molar-refractivity contribution is 0.0323. The van der Waals surface area contributed by atoms with E-state index in [1.165, 1.54) is 37.1 Å². The highest BCUT2D eigenvalue weighted by molar-refractivity contribution is 5.55. The average Bonchev–Trinajstić information content (AvgIpc) is 2.52. The second kappa shape index (κ2) is 7.28. The molecule has 2 heterocycles. The van der Waals surface area contributed by atoms with Gasteiger partial charge >= 0.3 is 0 Å². The molecule has 1 fully saturated rings. The standard InChI is InChI=1S/C18H28N2O/c1-15-13-16-5-2-3-6-18(16)20(14-15)11-4-12-21-17-7-9-19-10-8-17/h2-3,5-6,15,17,19H,4,7-14H2,1H3. The van der Waals surface area contributed by atoms with E-state index in [-0.39, 0.29) is 0 Å². The Kier molecular flexibility index (Phi) is 5.15. The predicted molar refractivity (Wildman–Crippen MR) is 88.0 cm³/mol. The van der Waals surface area contributed by atoms with Crippen molar-refractivity contribution >= 4 is 5.69 Å². The van der Waals surface area contributed by atoms with Crippen LogP contribution in [0.25, 0.3) is 0 Å². The molecule has 116 valence electrons. The molecule has 1 aromatic carbocycles. The lowest BCUT2D eigenvalue weighted by atomic mass is 9.94. The number of benzene rings is 1. The van der Waals surface area contributed by atoms with Gasteiger partial charge in [0.2, 0.25) is 0 Å². The van der Waals surface area contributed by atoms with Gasteiger partial charge in [0.05, 0.1) is 6.10 Å². The zero-order valence-electron chi connectivity index (χ0n) is 13.2. The molecule has 1 saturated heterocycles. The molecule has 1 N–H and O–H groups in total. The first-order chi connectivity index (χ1) is 10.3. The van der Waals surface area contributed by atoms with Crippen molar-refractivity contribution in [3.8, 4) is 0 Å². The molecule has 3 nitrogen and oxygen atoms in total. The Hall–Kier alpha value is -1.06. The summed E-state index contributed by atoms with van der Waals surface area (Å²) in [4.78, 5) is 2.55. The van der Waals surface area contributed by atoms with Crippen LogP contribution >= 0.6 is 0 Å². The largest absolute Gasteiger partial charge is 0.378 e. The zero-order valence-corrected chi connectivity index (χ0v) is 13.2. The van der Waals surface area contributed by atoms with E-state index in [2.05, 4.69) is 41.4 Å². The minimum absolute atomic E-state index is 0.485. The Morgan fingerprint density at radius 3 is 2.90 bits per heavy atom. The molecule has 1 atom stereocenters. The summed E-state index contributed by atoms with van der Waals surface area (Å²) in [6.07, 6.45) is 5.18. The van der Waals surface area contributed by atoms with E-state index >= 15 is 0 Å². The minimum Gasteiger partial charge on any atom is -0.378 e. The monoisotopic (exact) mass is 288 g/mol. The van der Waals surface area contributed by atoms with Gasteiger partial charge in [0, 0.05) is 25.4 Å². The van der Waals surface area contributed by atoms with Crippen molar-refractivity contribution in [1.82, 2.24) is 5.32 Å². The summed E-state index contributed by atoms with van der Waals surface area (Å²) in [6, 6.07) is 8.88. The van der Waals surface area contributed by atoms with Crippen molar-refractivity contribution in [3.05, 3.63) is 29.8 Å². The van der Waals surface area contributed by atoms with E-state index in [0.29, 0.717) is 6.10 Å². The van der Waals surface area contributed by atoms with Crippen LogP contribution in [0.3, 0.4) is 0 Å². The molecule has 0 radical (unpaired) electrons. The van der Waals surface area contributed by atoms with Crippen LogP contribution in [-0.2, 0) is 11.2 Å². The van der Waals surface area contributed by atoms with Gasteiger partial charge in [-0.25, -0.2) is 0 Å². The van der Waals surface area contributed by atoms with Crippen molar-refractivity contribution in [2.75, 3.05) is 37.7 Å². The van der Waals surface area contributed by atoms with Gasteiger partial charge in [0.1, 0.15) is 0 Å². The second-order valence-electron chi connectivity index (χ2n) is 6.56. The van der Waals surface area contributed by atoms with Gasteiger partial charge in [0.15, 0.2) is 0 Å². The van der Waals surface area contributed by atoms with Crippen LogP contribution in [0.15, 0.2) is 24.3 Å². The molecule has 2 aliphatic heterocycles. The molecular weight excluding hydrogens is 260 g/mol. The molecule has 1 aromatic rings. The van der Waals surface area contributed by atoms with Gasteiger partial charge in [-0.3, -0.25) is 0 Å². The smallest absolute Gasteiger partial charge is 0.0599 e. The van der Waals surface area contributed by atoms with Crippen molar-refractivity contribution in [1.29, 1.82) is 0 Å². The van der Waals surface area contributed by atoms with Gasteiger partial charge in [-0.2, -0.15) is 0 Å². The number of ether oxygens (including phenoxy) is 1. The maximum Gasteiger partial charge on any atom is 0.0599 e. The highest BCUT2D eigenvalue weighted by Gasteiger charge is 2.21. The van der Waals surface area contributed by atoms with E-state index in [9.17, 15) is 0 Å². The molecule has 2 aliphatic rings. The third-order valence-corrected chi connectivity index (χ3v) is 4.64. The summed E-state index contributed by atoms with van der Waals surface area (Å²) in [5.74, 6) is 0.755. The molecule has 21 heavy (non-hydrogen) atoms. The molecule has 3 heteroatoms. The number of hydrogen-bond acceptors (Lipinski definition) is 3. The lowest BCUT2D eigenvalue weighted by Crippen LogP contribution is -2.36. The summed E-state index contributed by atoms with van der Waals surface area (Å²) in [5, 5.41) is 3.38. The Balaban J connectivity index is 1.46. The predicted octanol–water partition coefficient (Wildman–Crippen LogP) is 2.84. The molecule has 0 aliphatic carbocycles. The Morgan fingerprint density at radius 2 is 2.05 bits per heavy atom. The van der Waals surface area contributed by atoms with E-state index in [4.69, 9.17) is 4.74 Å². The molecule has 0 saturated carbocycles. The maximum atomic E-state index is 6.02. The number of piperidine rings is 1. The normalized spacial score (nSPS) is 23.1. The molecule has 0 spiro atoms. The fraction of sp³-hybridized carbons (Fsp3) is 0.667. The van der Waals surface area contributed by atoms with E-state index < -0.39 is 0 Å². The van der Waals surface area contributed by atoms with Gasteiger partial charge in [-0.15, -0.1) is 0 Å². The first-order valence-corrected chi connectivity index (χ1v) is 8.48. The van der Waals surface area contributed by atoms with Crippen molar-refractivity contribution in [2.45, 2.75) is 38.7 Å². The summed E-state index contributed by atoms with van der Waals surface area (Å²) in [5.41, 5.74) is 2.95. The Bertz CT molecular complexity index is 443. The summed E-state index contributed by atoms with van der Waals surface area (Å²) in [7, 11) is 0. The fourth-order valence-electron chi connectivity index (χ4n) is 3.59. The molecule has 3 rings (SSSR count). The molecule has 0 aromatic heterocycles. The van der Waals surface area contributed by atoms with Gasteiger partial charge in [-0.05, 0) is 56.3 Å². The SMILES string of the molecule is CC1Cc2ccccc2N(CCCOC2CCNCC2)C1. The number of nitrogens with zero attached hydrogens (tertiary/aromatic N) is 1. The second-order valence-corrected chi connectivity index (χ2v) is 6.56. The van der Waals surface area contributed by atoms with Gasteiger partial charge in [0.25, 0.3) is 0 Å². The van der Waals surface area contributed by atoms with E-state index in [1.807, 2.05) is 0 Å². The van der Waals surface area contributed by atoms with Crippen LogP contribution in [-0.4, -0.2) is 38.9 Å². The molecule has 0 bridgehead atoms. The zero-order chi connectivity index (χ0) is 14.5. The van der Waals surface area contributed by atoms with E-state index in [1.54, 1.807) is 0 Å². The molecule has 0 amide bonds. The fourth-order valence-corrected chi connectivity index (χ4v) is 3.59. The van der Waals surface area contributed by atoms with Gasteiger partial charge in [-0.1, -0.05) is 25.1 Å². The van der Waals surface area contributed by atoms with Crippen molar-refractivity contribution in [3.63, 3.8) is 0 Å². The topological polar surface area (TPSA) is 24.5 Å². The van der Waals surface area contributed by atoms with Crippen LogP contribution in [0, 0.1) is 5.92 Å². The first-order valence-electron chi connectivity index (χ1n) is 8.48. The van der Waals surface area contributed by atoms with Crippen LogP contribution in [0.1, 0.15) is 31.7 Å². The summed E-state index contributed by atoms with van der Waals surface area (Å²) in [6.45, 7) is 7.78. The average molecular weight is 288 g/mol. The van der Waals surface area contributed by atoms with Gasteiger partial charge < -0.3 is 15.0 Å². The maximum absolute atomic E-state index is 6.02. The third kappa shape index (κ3) is 3.98. The number of anilines is 1. The summed E-state index contributed by atoms with van der Waals surface area (Å²) < 4.78 is 6.02. The lowest BCUT2D eigenvalue weighted by Gasteiger charge is -2.35. The molecule has 1 unspecified atom stereocenters. The quantitative estimate of drug-likeness (QED) is 0.843. The number of para-hydroxylation sites is 1. The highest BCUT2D eigenvalue weighted by atomic mass is 16.5. The van der Waals surface area contributed by atoms with Crippen molar-refractivity contribution < 1.29 is 4.74 Å². The third-order valence-electron chi connectivity index (χ3n) is 4.64. The minimum atomic E-state index is 0.485. The number of hydrogen-bond donors (Lipinski definition) is 1. The number of nitrogens with one attached hydrogen (secondary N) is 1. The van der Waals surface area contributed by atoms with Crippen LogP contribution in [0.4, 0.5) is 5.69 Å².